The van der Waals surface area contributed by atoms with Gasteiger partial charge in [0.1, 0.15) is 0 Å². The van der Waals surface area contributed by atoms with Crippen molar-refractivity contribution in [3.63, 3.8) is 0 Å². The third-order valence-corrected chi connectivity index (χ3v) is 16.3. The van der Waals surface area contributed by atoms with E-state index in [1.54, 1.807) is 0 Å². The summed E-state index contributed by atoms with van der Waals surface area (Å²) in [6, 6.07) is 42.9. The highest BCUT2D eigenvalue weighted by atomic mass is 14.4. The lowest BCUT2D eigenvalue weighted by Crippen LogP contribution is -2.04. The lowest BCUT2D eigenvalue weighted by Gasteiger charge is -2.32. The largest absolute Gasteiger partial charge is 0.0616 e. The first-order chi connectivity index (χ1) is 28.5. The predicted molar refractivity (Wildman–Crippen MR) is 255 cm³/mol. The van der Waals surface area contributed by atoms with Gasteiger partial charge in [0.2, 0.25) is 0 Å². The molecule has 0 heterocycles. The lowest BCUT2D eigenvalue weighted by molar-refractivity contribution is 1.43. The van der Waals surface area contributed by atoms with Crippen LogP contribution in [0.5, 0.6) is 0 Å². The van der Waals surface area contributed by atoms with Crippen molar-refractivity contribution in [2.75, 3.05) is 0 Å². The third-order valence-electron chi connectivity index (χ3n) is 16.3. The van der Waals surface area contributed by atoms with Crippen molar-refractivity contribution in [2.45, 2.75) is 27.7 Å². The Morgan fingerprint density at radius 1 is 0.155 bits per heavy atom. The van der Waals surface area contributed by atoms with Crippen LogP contribution in [-0.4, -0.2) is 0 Å². The molecule has 0 atom stereocenters. The van der Waals surface area contributed by atoms with Gasteiger partial charge in [-0.25, -0.2) is 0 Å². The fraction of sp³-hybridized carbons (Fsp3) is 0.0690. The minimum Gasteiger partial charge on any atom is -0.0616 e. The average molecular weight is 727 g/mol. The molecule has 0 spiro atoms. The molecule has 58 heavy (non-hydrogen) atoms. The standard InChI is InChI=1S/C58H30/c1-23-25(3)41-37-17-9-15-31-36-22-20-34-28-12-6-8-14-30(28)40-24(2)26(4)42-38-18-10-16-32-35-21-19-33-27-11-5-7-13-29(27)39(23)49-45(33)47(35)55-54(44(32)38)58-52(42)50(40)46(34)48(36)56(58)53(43(31)37)57(55)51(41)49/h5-22H,1-4H3. The van der Waals surface area contributed by atoms with Crippen molar-refractivity contribution in [2.24, 2.45) is 0 Å². The number of hydrogen-bond acceptors (Lipinski definition) is 0. The fourth-order valence-electron chi connectivity index (χ4n) is 14.1. The van der Waals surface area contributed by atoms with E-state index in [1.807, 2.05) is 0 Å². The Morgan fingerprint density at radius 3 is 0.759 bits per heavy atom. The first-order valence-corrected chi connectivity index (χ1v) is 21.0. The summed E-state index contributed by atoms with van der Waals surface area (Å²) in [6.45, 7) is 9.63. The molecule has 0 radical (unpaired) electrons. The Balaban J connectivity index is 1.41. The van der Waals surface area contributed by atoms with Crippen LogP contribution in [0, 0.1) is 27.7 Å². The summed E-state index contributed by atoms with van der Waals surface area (Å²) in [4.78, 5) is 0. The van der Waals surface area contributed by atoms with Crippen molar-refractivity contribution in [3.05, 3.63) is 131 Å². The first-order valence-electron chi connectivity index (χ1n) is 21.0. The molecule has 17 rings (SSSR count). The van der Waals surface area contributed by atoms with E-state index >= 15 is 0 Å². The van der Waals surface area contributed by atoms with Crippen molar-refractivity contribution < 1.29 is 0 Å². The van der Waals surface area contributed by atoms with Crippen molar-refractivity contribution in [3.8, 4) is 0 Å². The smallest absolute Gasteiger partial charge is 0.0000142 e. The SMILES string of the molecule is Cc1c(C)c2c3cccc4c5ccc6c7ccccc7c7c(C)c(C)c8c9cccc%10c%11ccc%12c%13ccccc%13c1c1c%12c%11c%11c(c%109)c9c8c7c6c5c9c(c43)c%11c21. The van der Waals surface area contributed by atoms with Gasteiger partial charge in [-0.05, 0) is 222 Å². The van der Waals surface area contributed by atoms with E-state index in [1.165, 1.54) is 195 Å². The minimum atomic E-state index is 1.36. The van der Waals surface area contributed by atoms with Gasteiger partial charge in [-0.15, -0.1) is 0 Å². The van der Waals surface area contributed by atoms with Gasteiger partial charge < -0.3 is 0 Å². The summed E-state index contributed by atoms with van der Waals surface area (Å²) < 4.78 is 0. The number of benzene rings is 17. The Kier molecular flexibility index (Phi) is 4.15. The Labute approximate surface area is 330 Å². The van der Waals surface area contributed by atoms with Crippen LogP contribution >= 0.6 is 0 Å². The molecule has 17 aromatic rings. The molecule has 0 amide bonds. The van der Waals surface area contributed by atoms with Crippen molar-refractivity contribution in [1.82, 2.24) is 0 Å². The van der Waals surface area contributed by atoms with Crippen molar-refractivity contribution >= 4 is 172 Å². The fourth-order valence-corrected chi connectivity index (χ4v) is 14.1. The zero-order valence-corrected chi connectivity index (χ0v) is 32.4. The van der Waals surface area contributed by atoms with Gasteiger partial charge >= 0.3 is 0 Å². The Morgan fingerprint density at radius 2 is 0.362 bits per heavy atom. The van der Waals surface area contributed by atoms with Crippen LogP contribution in [0.15, 0.2) is 109 Å². The summed E-state index contributed by atoms with van der Waals surface area (Å²) in [5, 5.41) is 45.9. The summed E-state index contributed by atoms with van der Waals surface area (Å²) in [5.41, 5.74) is 5.65. The highest BCUT2D eigenvalue weighted by Crippen LogP contribution is 2.63. The number of aryl methyl sites for hydroxylation is 4. The molecule has 0 bridgehead atoms. The summed E-state index contributed by atoms with van der Waals surface area (Å²) in [7, 11) is 0. The maximum Gasteiger partial charge on any atom is -0.0000142 e. The molecular weight excluding hydrogens is 697 g/mol. The van der Waals surface area contributed by atoms with E-state index in [2.05, 4.69) is 137 Å². The van der Waals surface area contributed by atoms with Gasteiger partial charge in [-0.3, -0.25) is 0 Å². The predicted octanol–water partition coefficient (Wildman–Crippen LogP) is 16.9. The average Bonchev–Trinajstić information content (AvgIpc) is 3.26. The van der Waals surface area contributed by atoms with Crippen LogP contribution in [-0.2, 0) is 0 Å². The van der Waals surface area contributed by atoms with E-state index in [0.717, 1.165) is 0 Å². The summed E-state index contributed by atoms with van der Waals surface area (Å²) in [5.74, 6) is 0. The lowest BCUT2D eigenvalue weighted by atomic mass is 9.70. The maximum atomic E-state index is 2.48. The van der Waals surface area contributed by atoms with Crippen molar-refractivity contribution in [1.29, 1.82) is 0 Å². The molecular formula is C58H30. The molecule has 0 saturated carbocycles. The van der Waals surface area contributed by atoms with Crippen LogP contribution in [0.25, 0.3) is 172 Å². The van der Waals surface area contributed by atoms with Crippen LogP contribution in [0.3, 0.4) is 0 Å². The Bertz CT molecular complexity index is 4430. The van der Waals surface area contributed by atoms with E-state index in [9.17, 15) is 0 Å². The van der Waals surface area contributed by atoms with Gasteiger partial charge in [0.05, 0.1) is 0 Å². The highest BCUT2D eigenvalue weighted by Gasteiger charge is 2.35. The summed E-state index contributed by atoms with van der Waals surface area (Å²) in [6.07, 6.45) is 0. The van der Waals surface area contributed by atoms with Crippen LogP contribution < -0.4 is 0 Å². The normalized spacial score (nSPS) is 13.9. The van der Waals surface area contributed by atoms with E-state index in [0.29, 0.717) is 0 Å². The molecule has 0 fully saturated rings. The quantitative estimate of drug-likeness (QED) is 0.108. The highest BCUT2D eigenvalue weighted by molar-refractivity contribution is 6.64. The van der Waals surface area contributed by atoms with Gasteiger partial charge in [0.15, 0.2) is 0 Å². The van der Waals surface area contributed by atoms with Gasteiger partial charge in [0, 0.05) is 0 Å². The van der Waals surface area contributed by atoms with Gasteiger partial charge in [-0.2, -0.15) is 0 Å². The molecule has 0 N–H and O–H groups in total. The molecule has 0 aliphatic rings. The number of fused-ring (bicyclic) bond motifs is 10. The van der Waals surface area contributed by atoms with Gasteiger partial charge in [-0.1, -0.05) is 109 Å². The van der Waals surface area contributed by atoms with Gasteiger partial charge in [0.25, 0.3) is 0 Å². The minimum absolute atomic E-state index is 1.36. The molecule has 0 saturated heterocycles. The second kappa shape index (κ2) is 8.47. The number of rotatable bonds is 0. The molecule has 0 aliphatic carbocycles. The van der Waals surface area contributed by atoms with Crippen LogP contribution in [0.4, 0.5) is 0 Å². The third kappa shape index (κ3) is 2.49. The molecule has 0 unspecified atom stereocenters. The zero-order valence-electron chi connectivity index (χ0n) is 32.4. The number of hydrogen-bond donors (Lipinski definition) is 0. The summed E-state index contributed by atoms with van der Waals surface area (Å²) >= 11 is 0. The molecule has 262 valence electrons. The topological polar surface area (TPSA) is 0 Å². The Hall–Kier alpha value is -7.02. The molecule has 0 aliphatic heterocycles. The van der Waals surface area contributed by atoms with E-state index < -0.39 is 0 Å². The second-order valence-corrected chi connectivity index (χ2v) is 18.1. The first kappa shape index (κ1) is 28.4. The van der Waals surface area contributed by atoms with Crippen LogP contribution in [0.2, 0.25) is 0 Å². The van der Waals surface area contributed by atoms with E-state index in [4.69, 9.17) is 0 Å². The molecule has 0 heteroatoms. The second-order valence-electron chi connectivity index (χ2n) is 18.1. The van der Waals surface area contributed by atoms with Crippen LogP contribution in [0.1, 0.15) is 22.3 Å². The molecule has 0 nitrogen and oxygen atoms in total. The maximum absolute atomic E-state index is 2.48. The monoisotopic (exact) mass is 726 g/mol. The van der Waals surface area contributed by atoms with E-state index in [-0.39, 0.29) is 0 Å². The molecule has 0 aromatic heterocycles. The zero-order chi connectivity index (χ0) is 37.5. The molecule has 17 aromatic carbocycles.